The van der Waals surface area contributed by atoms with Crippen LogP contribution in [0, 0.1) is 0 Å². The van der Waals surface area contributed by atoms with E-state index in [1.54, 1.807) is 18.2 Å². The third kappa shape index (κ3) is 6.98. The van der Waals surface area contributed by atoms with Gasteiger partial charge in [-0.05, 0) is 37.8 Å². The smallest absolute Gasteiger partial charge is 0.242 e. The highest BCUT2D eigenvalue weighted by molar-refractivity contribution is 7.89. The lowest BCUT2D eigenvalue weighted by molar-refractivity contribution is -0.130. The Balaban J connectivity index is 1.96. The Morgan fingerprint density at radius 2 is 1.93 bits per heavy atom. The van der Waals surface area contributed by atoms with Gasteiger partial charge in [-0.1, -0.05) is 24.6 Å². The van der Waals surface area contributed by atoms with Crippen molar-refractivity contribution < 1.29 is 13.2 Å². The molecule has 8 nitrogen and oxygen atoms in total. The van der Waals surface area contributed by atoms with E-state index in [0.29, 0.717) is 31.0 Å². The SMILES string of the molecule is CCNC(=NCc1ccccc1S(=O)(=O)N(C)C)NCCCN1CCCCCC1=O. The molecule has 168 valence electrons. The van der Waals surface area contributed by atoms with E-state index in [1.807, 2.05) is 17.9 Å². The van der Waals surface area contributed by atoms with Crippen LogP contribution in [0.5, 0.6) is 0 Å². The maximum atomic E-state index is 12.5. The summed E-state index contributed by atoms with van der Waals surface area (Å²) in [5.74, 6) is 0.892. The minimum atomic E-state index is -3.52. The van der Waals surface area contributed by atoms with Crippen molar-refractivity contribution in [3.8, 4) is 0 Å². The molecule has 0 saturated carbocycles. The highest BCUT2D eigenvalue weighted by Gasteiger charge is 2.20. The van der Waals surface area contributed by atoms with Gasteiger partial charge in [-0.15, -0.1) is 0 Å². The van der Waals surface area contributed by atoms with Crippen molar-refractivity contribution >= 4 is 21.9 Å². The van der Waals surface area contributed by atoms with E-state index >= 15 is 0 Å². The normalized spacial score (nSPS) is 15.9. The second kappa shape index (κ2) is 11.9. The highest BCUT2D eigenvalue weighted by Crippen LogP contribution is 2.19. The molecule has 1 fully saturated rings. The van der Waals surface area contributed by atoms with Crippen LogP contribution in [0.2, 0.25) is 0 Å². The van der Waals surface area contributed by atoms with Crippen LogP contribution in [0.1, 0.15) is 44.6 Å². The first-order chi connectivity index (χ1) is 14.4. The molecule has 2 N–H and O–H groups in total. The fourth-order valence-corrected chi connectivity index (χ4v) is 4.45. The van der Waals surface area contributed by atoms with E-state index in [2.05, 4.69) is 15.6 Å². The van der Waals surface area contributed by atoms with E-state index in [-0.39, 0.29) is 17.3 Å². The van der Waals surface area contributed by atoms with Crippen LogP contribution in [0.15, 0.2) is 34.2 Å². The molecule has 0 aliphatic carbocycles. The number of hydrogen-bond acceptors (Lipinski definition) is 4. The van der Waals surface area contributed by atoms with Gasteiger partial charge in [0, 0.05) is 46.7 Å². The molecular formula is C21H35N5O3S. The standard InChI is InChI=1S/C21H35N5O3S/c1-4-22-21(23-14-10-16-26-15-9-5-6-13-20(26)27)24-17-18-11-7-8-12-19(18)30(28,29)25(2)3/h7-8,11-12H,4-6,9-10,13-17H2,1-3H3,(H2,22,23,24). The Labute approximate surface area is 180 Å². The Bertz CT molecular complexity index is 824. The average molecular weight is 438 g/mol. The average Bonchev–Trinajstić information content (AvgIpc) is 2.93. The molecule has 9 heteroatoms. The number of rotatable bonds is 9. The number of amides is 1. The van der Waals surface area contributed by atoms with Gasteiger partial charge in [-0.25, -0.2) is 17.7 Å². The maximum Gasteiger partial charge on any atom is 0.242 e. The monoisotopic (exact) mass is 437 g/mol. The first-order valence-electron chi connectivity index (χ1n) is 10.7. The second-order valence-corrected chi connectivity index (χ2v) is 9.68. The third-order valence-corrected chi connectivity index (χ3v) is 6.97. The summed E-state index contributed by atoms with van der Waals surface area (Å²) in [7, 11) is -0.476. The first-order valence-corrected chi connectivity index (χ1v) is 12.1. The van der Waals surface area contributed by atoms with Crippen molar-refractivity contribution in [2.45, 2.75) is 50.5 Å². The fraction of sp³-hybridized carbons (Fsp3) is 0.619. The number of aliphatic imine (C=N–C) groups is 1. The first kappa shape index (κ1) is 24.1. The number of sulfonamides is 1. The van der Waals surface area contributed by atoms with Crippen LogP contribution in [-0.2, 0) is 21.4 Å². The van der Waals surface area contributed by atoms with Gasteiger partial charge in [0.1, 0.15) is 0 Å². The van der Waals surface area contributed by atoms with E-state index in [0.717, 1.165) is 38.8 Å². The summed E-state index contributed by atoms with van der Waals surface area (Å²) in [6, 6.07) is 6.93. The Morgan fingerprint density at radius 1 is 1.17 bits per heavy atom. The number of carbonyl (C=O) groups excluding carboxylic acids is 1. The molecular weight excluding hydrogens is 402 g/mol. The Kier molecular flexibility index (Phi) is 9.58. The van der Waals surface area contributed by atoms with Crippen LogP contribution in [-0.4, -0.2) is 69.8 Å². The Morgan fingerprint density at radius 3 is 2.67 bits per heavy atom. The molecule has 0 aromatic heterocycles. The molecule has 2 rings (SSSR count). The minimum absolute atomic E-state index is 0.253. The number of hydrogen-bond donors (Lipinski definition) is 2. The van der Waals surface area contributed by atoms with Crippen molar-refractivity contribution in [3.63, 3.8) is 0 Å². The molecule has 0 atom stereocenters. The highest BCUT2D eigenvalue weighted by atomic mass is 32.2. The van der Waals surface area contributed by atoms with E-state index < -0.39 is 10.0 Å². The van der Waals surface area contributed by atoms with E-state index in [9.17, 15) is 13.2 Å². The predicted octanol–water partition coefficient (Wildman–Crippen LogP) is 1.78. The van der Waals surface area contributed by atoms with Gasteiger partial charge in [0.25, 0.3) is 0 Å². The van der Waals surface area contributed by atoms with Crippen molar-refractivity contribution in [3.05, 3.63) is 29.8 Å². The summed E-state index contributed by atoms with van der Waals surface area (Å²) in [4.78, 5) is 18.9. The van der Waals surface area contributed by atoms with Crippen LogP contribution < -0.4 is 10.6 Å². The molecule has 30 heavy (non-hydrogen) atoms. The molecule has 1 heterocycles. The molecule has 0 bridgehead atoms. The summed E-state index contributed by atoms with van der Waals surface area (Å²) in [6.45, 7) is 5.22. The second-order valence-electron chi connectivity index (χ2n) is 7.56. The molecule has 1 amide bonds. The number of likely N-dealkylation sites (tertiary alicyclic amines) is 1. The zero-order chi connectivity index (χ0) is 22.0. The third-order valence-electron chi connectivity index (χ3n) is 5.05. The topological polar surface area (TPSA) is 94.1 Å². The number of carbonyl (C=O) groups is 1. The summed E-state index contributed by atoms with van der Waals surface area (Å²) >= 11 is 0. The van der Waals surface area contributed by atoms with Crippen molar-refractivity contribution in [2.75, 3.05) is 40.3 Å². The quantitative estimate of drug-likeness (QED) is 0.349. The van der Waals surface area contributed by atoms with Gasteiger partial charge in [0.15, 0.2) is 5.96 Å². The number of nitrogens with one attached hydrogen (secondary N) is 2. The van der Waals surface area contributed by atoms with Crippen LogP contribution in [0.3, 0.4) is 0 Å². The number of nitrogens with zero attached hydrogens (tertiary/aromatic N) is 3. The molecule has 1 aromatic rings. The summed E-state index contributed by atoms with van der Waals surface area (Å²) in [6.07, 6.45) is 4.70. The van der Waals surface area contributed by atoms with Gasteiger partial charge < -0.3 is 15.5 Å². The number of guanidine groups is 1. The zero-order valence-electron chi connectivity index (χ0n) is 18.4. The Hall–Kier alpha value is -2.13. The molecule has 1 aromatic carbocycles. The largest absolute Gasteiger partial charge is 0.357 e. The van der Waals surface area contributed by atoms with Gasteiger partial charge in [-0.3, -0.25) is 4.79 Å². The molecule has 1 aliphatic heterocycles. The molecule has 1 saturated heterocycles. The van der Waals surface area contributed by atoms with E-state index in [4.69, 9.17) is 0 Å². The molecule has 0 spiro atoms. The van der Waals surface area contributed by atoms with Crippen LogP contribution in [0.4, 0.5) is 0 Å². The molecule has 0 radical (unpaired) electrons. The predicted molar refractivity (Wildman–Crippen MR) is 120 cm³/mol. The van der Waals surface area contributed by atoms with Crippen LogP contribution in [0.25, 0.3) is 0 Å². The van der Waals surface area contributed by atoms with Gasteiger partial charge >= 0.3 is 0 Å². The van der Waals surface area contributed by atoms with Gasteiger partial charge in [-0.2, -0.15) is 0 Å². The van der Waals surface area contributed by atoms with Crippen molar-refractivity contribution in [1.29, 1.82) is 0 Å². The lowest BCUT2D eigenvalue weighted by Crippen LogP contribution is -2.39. The van der Waals surface area contributed by atoms with Crippen molar-refractivity contribution in [2.24, 2.45) is 4.99 Å². The summed E-state index contributed by atoms with van der Waals surface area (Å²) in [5, 5.41) is 6.47. The molecule has 1 aliphatic rings. The van der Waals surface area contributed by atoms with E-state index in [1.165, 1.54) is 18.4 Å². The fourth-order valence-electron chi connectivity index (χ4n) is 3.34. The summed E-state index contributed by atoms with van der Waals surface area (Å²) < 4.78 is 26.3. The minimum Gasteiger partial charge on any atom is -0.357 e. The maximum absolute atomic E-state index is 12.5. The number of benzene rings is 1. The lowest BCUT2D eigenvalue weighted by atomic mass is 10.2. The lowest BCUT2D eigenvalue weighted by Gasteiger charge is -2.21. The summed E-state index contributed by atoms with van der Waals surface area (Å²) in [5.41, 5.74) is 0.651. The zero-order valence-corrected chi connectivity index (χ0v) is 19.2. The van der Waals surface area contributed by atoms with Gasteiger partial charge in [0.2, 0.25) is 15.9 Å². The van der Waals surface area contributed by atoms with Crippen LogP contribution >= 0.6 is 0 Å². The van der Waals surface area contributed by atoms with Crippen molar-refractivity contribution in [1.82, 2.24) is 19.8 Å². The van der Waals surface area contributed by atoms with Gasteiger partial charge in [0.05, 0.1) is 11.4 Å². The molecule has 0 unspecified atom stereocenters.